The maximum absolute atomic E-state index is 12.2. The molecule has 0 aliphatic heterocycles. The number of nitrogens with zero attached hydrogens (tertiary/aromatic N) is 2. The van der Waals surface area contributed by atoms with Crippen molar-refractivity contribution in [2.45, 2.75) is 20.3 Å². The summed E-state index contributed by atoms with van der Waals surface area (Å²) in [6, 6.07) is 8.86. The van der Waals surface area contributed by atoms with Gasteiger partial charge >= 0.3 is 0 Å². The van der Waals surface area contributed by atoms with Gasteiger partial charge in [0.25, 0.3) is 0 Å². The van der Waals surface area contributed by atoms with Crippen LogP contribution in [0.5, 0.6) is 0 Å². The summed E-state index contributed by atoms with van der Waals surface area (Å²) in [5.74, 6) is -0.329. The van der Waals surface area contributed by atoms with Gasteiger partial charge < -0.3 is 0 Å². The molecule has 0 atom stereocenters. The molecular weight excluding hydrogens is 240 g/mol. The van der Waals surface area contributed by atoms with Gasteiger partial charge in [-0.05, 0) is 13.8 Å². The molecule has 0 unspecified atom stereocenters. The van der Waals surface area contributed by atoms with Crippen LogP contribution in [0.2, 0.25) is 0 Å². The lowest BCUT2D eigenvalue weighted by atomic mass is 10.0. The molecule has 1 aromatic heterocycles. The van der Waals surface area contributed by atoms with Gasteiger partial charge in [-0.1, -0.05) is 30.3 Å². The number of aromatic nitrogens is 2. The Hall–Kier alpha value is -2.23. The van der Waals surface area contributed by atoms with Crippen molar-refractivity contribution in [3.05, 3.63) is 52.8 Å². The van der Waals surface area contributed by atoms with Gasteiger partial charge in [-0.2, -0.15) is 5.10 Å². The summed E-state index contributed by atoms with van der Waals surface area (Å²) in [5, 5.41) is 4.20. The molecule has 0 aliphatic rings. The van der Waals surface area contributed by atoms with Gasteiger partial charge in [0.15, 0.2) is 11.6 Å². The number of aryl methyl sites for hydroxylation is 2. The topological polar surface area (TPSA) is 52.0 Å². The molecule has 1 aromatic carbocycles. The van der Waals surface area contributed by atoms with Crippen molar-refractivity contribution in [3.63, 3.8) is 0 Å². The van der Waals surface area contributed by atoms with Gasteiger partial charge in [0.1, 0.15) is 0 Å². The molecule has 19 heavy (non-hydrogen) atoms. The number of carbonyl (C=O) groups is 2. The Labute approximate surface area is 112 Å². The van der Waals surface area contributed by atoms with Gasteiger partial charge in [-0.15, -0.1) is 0 Å². The number of benzene rings is 1. The van der Waals surface area contributed by atoms with Crippen molar-refractivity contribution >= 4 is 11.6 Å². The fraction of sp³-hybridized carbons (Fsp3) is 0.267. The summed E-state index contributed by atoms with van der Waals surface area (Å²) < 4.78 is 1.66. The molecule has 0 amide bonds. The third-order valence-corrected chi connectivity index (χ3v) is 3.20. The second-order valence-corrected chi connectivity index (χ2v) is 4.56. The largest absolute Gasteiger partial charge is 0.294 e. The smallest absolute Gasteiger partial charge is 0.174 e. The van der Waals surface area contributed by atoms with Crippen LogP contribution in [-0.2, 0) is 7.05 Å². The molecule has 0 bridgehead atoms. The molecule has 0 saturated carbocycles. The van der Waals surface area contributed by atoms with Gasteiger partial charge in [0.05, 0.1) is 17.7 Å². The Morgan fingerprint density at radius 3 is 2.26 bits per heavy atom. The highest BCUT2D eigenvalue weighted by Gasteiger charge is 2.20. The Morgan fingerprint density at radius 2 is 1.74 bits per heavy atom. The number of hydrogen-bond donors (Lipinski definition) is 0. The van der Waals surface area contributed by atoms with Gasteiger partial charge in [0.2, 0.25) is 0 Å². The second-order valence-electron chi connectivity index (χ2n) is 4.56. The molecule has 0 N–H and O–H groups in total. The Bertz CT molecular complexity index is 627. The van der Waals surface area contributed by atoms with E-state index in [1.165, 1.54) is 0 Å². The SMILES string of the molecule is Cc1nn(C)c(C)c1C(=O)CC(=O)c1ccccc1. The first-order chi connectivity index (χ1) is 9.00. The van der Waals surface area contributed by atoms with E-state index in [1.54, 1.807) is 42.9 Å². The summed E-state index contributed by atoms with van der Waals surface area (Å²) in [6.07, 6.45) is -0.114. The zero-order chi connectivity index (χ0) is 14.0. The van der Waals surface area contributed by atoms with Crippen molar-refractivity contribution in [1.82, 2.24) is 9.78 Å². The van der Waals surface area contributed by atoms with Crippen LogP contribution in [-0.4, -0.2) is 21.3 Å². The van der Waals surface area contributed by atoms with Crippen LogP contribution in [0.3, 0.4) is 0 Å². The maximum Gasteiger partial charge on any atom is 0.174 e. The predicted octanol–water partition coefficient (Wildman–Crippen LogP) is 2.49. The van der Waals surface area contributed by atoms with Crippen molar-refractivity contribution in [1.29, 1.82) is 0 Å². The lowest BCUT2D eigenvalue weighted by Crippen LogP contribution is -2.10. The predicted molar refractivity (Wildman–Crippen MR) is 72.4 cm³/mol. The van der Waals surface area contributed by atoms with Crippen LogP contribution in [0.4, 0.5) is 0 Å². The molecule has 0 aliphatic carbocycles. The van der Waals surface area contributed by atoms with Gasteiger partial charge in [-0.25, -0.2) is 0 Å². The van der Waals surface area contributed by atoms with E-state index in [1.807, 2.05) is 13.0 Å². The highest BCUT2D eigenvalue weighted by Crippen LogP contribution is 2.15. The average Bonchev–Trinajstić information content (AvgIpc) is 2.64. The number of ketones is 2. The summed E-state index contributed by atoms with van der Waals surface area (Å²) >= 11 is 0. The zero-order valence-electron chi connectivity index (χ0n) is 11.3. The Kier molecular flexibility index (Phi) is 3.60. The molecule has 1 heterocycles. The second kappa shape index (κ2) is 5.18. The van der Waals surface area contributed by atoms with Gasteiger partial charge in [0, 0.05) is 18.3 Å². The number of rotatable bonds is 4. The van der Waals surface area contributed by atoms with Crippen LogP contribution < -0.4 is 0 Å². The maximum atomic E-state index is 12.2. The van der Waals surface area contributed by atoms with Crippen LogP contribution >= 0.6 is 0 Å². The quantitative estimate of drug-likeness (QED) is 0.624. The normalized spacial score (nSPS) is 10.5. The first-order valence-corrected chi connectivity index (χ1v) is 6.12. The Morgan fingerprint density at radius 1 is 1.11 bits per heavy atom. The summed E-state index contributed by atoms with van der Waals surface area (Å²) in [6.45, 7) is 3.62. The van der Waals surface area contributed by atoms with Crippen molar-refractivity contribution in [3.8, 4) is 0 Å². The van der Waals surface area contributed by atoms with Crippen molar-refractivity contribution in [2.75, 3.05) is 0 Å². The number of hydrogen-bond acceptors (Lipinski definition) is 3. The van der Waals surface area contributed by atoms with E-state index in [2.05, 4.69) is 5.10 Å². The van der Waals surface area contributed by atoms with Crippen LogP contribution in [0.15, 0.2) is 30.3 Å². The standard InChI is InChI=1S/C15H16N2O2/c1-10-15(11(2)17(3)16-10)14(19)9-13(18)12-7-5-4-6-8-12/h4-8H,9H2,1-3H3. The van der Waals surface area contributed by atoms with E-state index in [4.69, 9.17) is 0 Å². The van der Waals surface area contributed by atoms with E-state index in [0.29, 0.717) is 16.8 Å². The van der Waals surface area contributed by atoms with E-state index in [9.17, 15) is 9.59 Å². The van der Waals surface area contributed by atoms with E-state index < -0.39 is 0 Å². The minimum Gasteiger partial charge on any atom is -0.294 e. The minimum atomic E-state index is -0.169. The molecule has 98 valence electrons. The molecule has 4 nitrogen and oxygen atoms in total. The van der Waals surface area contributed by atoms with Crippen LogP contribution in [0, 0.1) is 13.8 Å². The van der Waals surface area contributed by atoms with Crippen LogP contribution in [0.1, 0.15) is 38.5 Å². The van der Waals surface area contributed by atoms with Crippen LogP contribution in [0.25, 0.3) is 0 Å². The highest BCUT2D eigenvalue weighted by atomic mass is 16.1. The molecular formula is C15H16N2O2. The third-order valence-electron chi connectivity index (χ3n) is 3.20. The average molecular weight is 256 g/mol. The first-order valence-electron chi connectivity index (χ1n) is 6.12. The fourth-order valence-corrected chi connectivity index (χ4v) is 2.14. The number of carbonyl (C=O) groups excluding carboxylic acids is 2. The lowest BCUT2D eigenvalue weighted by Gasteiger charge is -2.02. The molecule has 0 radical (unpaired) electrons. The molecule has 0 fully saturated rings. The monoisotopic (exact) mass is 256 g/mol. The zero-order valence-corrected chi connectivity index (χ0v) is 11.3. The van der Waals surface area contributed by atoms with E-state index in [-0.39, 0.29) is 18.0 Å². The number of Topliss-reactive ketones (excluding diaryl/α,β-unsaturated/α-hetero) is 2. The fourth-order valence-electron chi connectivity index (χ4n) is 2.14. The van der Waals surface area contributed by atoms with Gasteiger partial charge in [-0.3, -0.25) is 14.3 Å². The van der Waals surface area contributed by atoms with E-state index >= 15 is 0 Å². The molecule has 2 aromatic rings. The molecule has 0 saturated heterocycles. The first kappa shape index (κ1) is 13.2. The lowest BCUT2D eigenvalue weighted by molar-refractivity contribution is 0.0893. The Balaban J connectivity index is 2.20. The van der Waals surface area contributed by atoms with Crippen molar-refractivity contribution < 1.29 is 9.59 Å². The summed E-state index contributed by atoms with van der Waals surface area (Å²) in [4.78, 5) is 24.2. The molecule has 2 rings (SSSR count). The highest BCUT2D eigenvalue weighted by molar-refractivity contribution is 6.14. The summed E-state index contributed by atoms with van der Waals surface area (Å²) in [7, 11) is 1.79. The summed E-state index contributed by atoms with van der Waals surface area (Å²) in [5.41, 5.74) is 2.59. The van der Waals surface area contributed by atoms with E-state index in [0.717, 1.165) is 5.69 Å². The van der Waals surface area contributed by atoms with Crippen molar-refractivity contribution in [2.24, 2.45) is 7.05 Å². The molecule has 4 heteroatoms. The minimum absolute atomic E-state index is 0.114. The third kappa shape index (κ3) is 2.62. The molecule has 0 spiro atoms.